The topological polar surface area (TPSA) is 79.3 Å². The number of rotatable bonds is 7. The maximum absolute atomic E-state index is 12.3. The first-order valence-corrected chi connectivity index (χ1v) is 9.97. The van der Waals surface area contributed by atoms with Gasteiger partial charge in [-0.1, -0.05) is 36.8 Å². The zero-order valence-corrected chi connectivity index (χ0v) is 15.5. The lowest BCUT2D eigenvalue weighted by molar-refractivity contribution is -0.144. The number of carboxylic acids is 1. The van der Waals surface area contributed by atoms with E-state index in [2.05, 4.69) is 22.4 Å². The summed E-state index contributed by atoms with van der Waals surface area (Å²) in [4.78, 5) is 28.1. The molecule has 2 aromatic rings. The van der Waals surface area contributed by atoms with Gasteiger partial charge in [-0.2, -0.15) is 0 Å². The van der Waals surface area contributed by atoms with E-state index in [1.165, 1.54) is 5.56 Å². The normalized spacial score (nSPS) is 19.8. The number of thiazole rings is 1. The second kappa shape index (κ2) is 8.94. The predicted octanol–water partition coefficient (Wildman–Crippen LogP) is 3.44. The Morgan fingerprint density at radius 3 is 2.69 bits per heavy atom. The predicted molar refractivity (Wildman–Crippen MR) is 101 cm³/mol. The zero-order valence-electron chi connectivity index (χ0n) is 14.7. The number of aryl methyl sites for hydroxylation is 2. The Morgan fingerprint density at radius 2 is 1.92 bits per heavy atom. The Morgan fingerprint density at radius 1 is 1.15 bits per heavy atom. The monoisotopic (exact) mass is 372 g/mol. The van der Waals surface area contributed by atoms with Crippen molar-refractivity contribution in [1.82, 2.24) is 10.3 Å². The highest BCUT2D eigenvalue weighted by Gasteiger charge is 2.30. The van der Waals surface area contributed by atoms with Crippen molar-refractivity contribution in [3.05, 3.63) is 52.0 Å². The molecule has 0 saturated heterocycles. The number of carbonyl (C=O) groups excluding carboxylic acids is 1. The SMILES string of the molecule is O=C(O)C1CCCC(C(=O)NCc2csc(CCc3ccccc3)n2)C1. The molecule has 138 valence electrons. The van der Waals surface area contributed by atoms with Crippen LogP contribution in [0.3, 0.4) is 0 Å². The number of amides is 1. The van der Waals surface area contributed by atoms with E-state index in [0.717, 1.165) is 36.4 Å². The smallest absolute Gasteiger partial charge is 0.306 e. The van der Waals surface area contributed by atoms with Gasteiger partial charge in [-0.15, -0.1) is 11.3 Å². The summed E-state index contributed by atoms with van der Waals surface area (Å²) in [5.41, 5.74) is 2.17. The van der Waals surface area contributed by atoms with E-state index in [1.54, 1.807) is 11.3 Å². The van der Waals surface area contributed by atoms with Crippen LogP contribution in [0.15, 0.2) is 35.7 Å². The van der Waals surface area contributed by atoms with E-state index in [-0.39, 0.29) is 17.7 Å². The number of carboxylic acid groups (broad SMARTS) is 1. The molecule has 6 heteroatoms. The number of nitrogens with zero attached hydrogens (tertiary/aromatic N) is 1. The average Bonchev–Trinajstić information content (AvgIpc) is 3.13. The highest BCUT2D eigenvalue weighted by Crippen LogP contribution is 2.29. The summed E-state index contributed by atoms with van der Waals surface area (Å²) in [7, 11) is 0. The van der Waals surface area contributed by atoms with Gasteiger partial charge in [-0.05, 0) is 31.2 Å². The largest absolute Gasteiger partial charge is 0.481 e. The Hall–Kier alpha value is -2.21. The average molecular weight is 372 g/mol. The summed E-state index contributed by atoms with van der Waals surface area (Å²) in [5.74, 6) is -1.41. The number of aliphatic carboxylic acids is 1. The summed E-state index contributed by atoms with van der Waals surface area (Å²) in [6.07, 6.45) is 4.55. The number of hydrogen-bond acceptors (Lipinski definition) is 4. The first-order chi connectivity index (χ1) is 12.6. The zero-order chi connectivity index (χ0) is 18.4. The van der Waals surface area contributed by atoms with Gasteiger partial charge in [0.15, 0.2) is 0 Å². The molecule has 3 rings (SSSR count). The number of hydrogen-bond donors (Lipinski definition) is 2. The van der Waals surface area contributed by atoms with E-state index in [4.69, 9.17) is 5.11 Å². The summed E-state index contributed by atoms with van der Waals surface area (Å²) < 4.78 is 0. The molecule has 0 bridgehead atoms. The summed E-state index contributed by atoms with van der Waals surface area (Å²) in [5, 5.41) is 15.1. The summed E-state index contributed by atoms with van der Waals surface area (Å²) in [6.45, 7) is 0.412. The van der Waals surface area contributed by atoms with Gasteiger partial charge in [0.2, 0.25) is 5.91 Å². The summed E-state index contributed by atoms with van der Waals surface area (Å²) in [6, 6.07) is 10.3. The van der Waals surface area contributed by atoms with Crippen LogP contribution in [0.25, 0.3) is 0 Å². The molecule has 1 aromatic carbocycles. The Bertz CT molecular complexity index is 745. The molecule has 1 aromatic heterocycles. The third kappa shape index (κ3) is 5.14. The lowest BCUT2D eigenvalue weighted by atomic mass is 9.81. The molecule has 1 heterocycles. The molecule has 2 N–H and O–H groups in total. The van der Waals surface area contributed by atoms with E-state index >= 15 is 0 Å². The van der Waals surface area contributed by atoms with Gasteiger partial charge < -0.3 is 10.4 Å². The Labute approximate surface area is 157 Å². The van der Waals surface area contributed by atoms with Gasteiger partial charge in [0.05, 0.1) is 23.2 Å². The van der Waals surface area contributed by atoms with Crippen molar-refractivity contribution in [1.29, 1.82) is 0 Å². The van der Waals surface area contributed by atoms with Crippen LogP contribution >= 0.6 is 11.3 Å². The molecule has 1 saturated carbocycles. The molecular weight excluding hydrogens is 348 g/mol. The molecule has 0 radical (unpaired) electrons. The van der Waals surface area contributed by atoms with Crippen LogP contribution in [0.5, 0.6) is 0 Å². The molecule has 1 amide bonds. The fraction of sp³-hybridized carbons (Fsp3) is 0.450. The van der Waals surface area contributed by atoms with E-state index in [1.807, 2.05) is 23.6 Å². The van der Waals surface area contributed by atoms with Crippen molar-refractivity contribution in [2.45, 2.75) is 45.1 Å². The minimum atomic E-state index is -0.787. The van der Waals surface area contributed by atoms with Crippen molar-refractivity contribution in [3.8, 4) is 0 Å². The fourth-order valence-corrected chi connectivity index (χ4v) is 4.21. The fourth-order valence-electron chi connectivity index (χ4n) is 3.42. The molecular formula is C20H24N2O3S. The van der Waals surface area contributed by atoms with Gasteiger partial charge in [0.25, 0.3) is 0 Å². The van der Waals surface area contributed by atoms with Gasteiger partial charge >= 0.3 is 5.97 Å². The second-order valence-electron chi connectivity index (χ2n) is 6.83. The maximum Gasteiger partial charge on any atom is 0.306 e. The van der Waals surface area contributed by atoms with Crippen molar-refractivity contribution in [2.75, 3.05) is 0 Å². The minimum Gasteiger partial charge on any atom is -0.481 e. The molecule has 0 spiro atoms. The van der Waals surface area contributed by atoms with Crippen molar-refractivity contribution in [2.24, 2.45) is 11.8 Å². The van der Waals surface area contributed by atoms with Crippen LogP contribution in [0.1, 0.15) is 41.9 Å². The number of benzene rings is 1. The number of carbonyl (C=O) groups is 2. The lowest BCUT2D eigenvalue weighted by Gasteiger charge is -2.25. The van der Waals surface area contributed by atoms with Crippen LogP contribution in [0.4, 0.5) is 0 Å². The maximum atomic E-state index is 12.3. The number of aromatic nitrogens is 1. The van der Waals surface area contributed by atoms with E-state index < -0.39 is 5.97 Å². The van der Waals surface area contributed by atoms with Crippen LogP contribution < -0.4 is 5.32 Å². The van der Waals surface area contributed by atoms with Gasteiger partial charge in [0, 0.05) is 17.7 Å². The van der Waals surface area contributed by atoms with Crippen molar-refractivity contribution < 1.29 is 14.7 Å². The van der Waals surface area contributed by atoms with Gasteiger partial charge in [-0.25, -0.2) is 4.98 Å². The van der Waals surface area contributed by atoms with Gasteiger partial charge in [0.1, 0.15) is 0 Å². The molecule has 1 aliphatic carbocycles. The third-order valence-corrected chi connectivity index (χ3v) is 5.87. The molecule has 2 atom stereocenters. The minimum absolute atomic E-state index is 0.0465. The summed E-state index contributed by atoms with van der Waals surface area (Å²) >= 11 is 1.62. The third-order valence-electron chi connectivity index (χ3n) is 4.91. The Balaban J connectivity index is 1.45. The lowest BCUT2D eigenvalue weighted by Crippen LogP contribution is -2.35. The quantitative estimate of drug-likeness (QED) is 0.780. The highest BCUT2D eigenvalue weighted by molar-refractivity contribution is 7.09. The van der Waals surface area contributed by atoms with E-state index in [0.29, 0.717) is 19.4 Å². The molecule has 1 aliphatic rings. The van der Waals surface area contributed by atoms with Crippen molar-refractivity contribution in [3.63, 3.8) is 0 Å². The molecule has 2 unspecified atom stereocenters. The number of nitrogens with one attached hydrogen (secondary N) is 1. The van der Waals surface area contributed by atoms with E-state index in [9.17, 15) is 9.59 Å². The van der Waals surface area contributed by atoms with Crippen LogP contribution in [0.2, 0.25) is 0 Å². The first kappa shape index (κ1) is 18.6. The van der Waals surface area contributed by atoms with Gasteiger partial charge in [-0.3, -0.25) is 9.59 Å². The van der Waals surface area contributed by atoms with Crippen LogP contribution in [-0.4, -0.2) is 22.0 Å². The molecule has 0 aliphatic heterocycles. The molecule has 26 heavy (non-hydrogen) atoms. The molecule has 5 nitrogen and oxygen atoms in total. The standard InChI is InChI=1S/C20H24N2O3S/c23-19(15-7-4-8-16(11-15)20(24)25)21-12-17-13-26-18(22-17)10-9-14-5-2-1-3-6-14/h1-3,5-6,13,15-16H,4,7-12H2,(H,21,23)(H,24,25). The van der Waals surface area contributed by atoms with Crippen LogP contribution in [0, 0.1) is 11.8 Å². The first-order valence-electron chi connectivity index (χ1n) is 9.09. The Kier molecular flexibility index (Phi) is 6.39. The van der Waals surface area contributed by atoms with Crippen molar-refractivity contribution >= 4 is 23.2 Å². The highest BCUT2D eigenvalue weighted by atomic mass is 32.1. The molecule has 1 fully saturated rings. The second-order valence-corrected chi connectivity index (χ2v) is 7.78. The van der Waals surface area contributed by atoms with Crippen LogP contribution in [-0.2, 0) is 29.0 Å².